The van der Waals surface area contributed by atoms with Crippen LogP contribution in [0.2, 0.25) is 0 Å². The lowest BCUT2D eigenvalue weighted by Gasteiger charge is -2.19. The van der Waals surface area contributed by atoms with Crippen LogP contribution in [-0.4, -0.2) is 32.3 Å². The van der Waals surface area contributed by atoms with Crippen LogP contribution in [-0.2, 0) is 0 Å². The Labute approximate surface area is 211 Å². The molecule has 2 atom stereocenters. The monoisotopic (exact) mass is 494 g/mol. The van der Waals surface area contributed by atoms with Gasteiger partial charge in [0.25, 0.3) is 0 Å². The van der Waals surface area contributed by atoms with E-state index in [2.05, 4.69) is 15.3 Å². The maximum absolute atomic E-state index is 13.8. The van der Waals surface area contributed by atoms with E-state index in [1.165, 1.54) is 12.4 Å². The van der Waals surface area contributed by atoms with E-state index in [0.717, 1.165) is 29.0 Å². The number of nitrogens with zero attached hydrogens (tertiary/aromatic N) is 4. The standard InChI is InChI=1S/C28H23FN6O2/c29-18-3-1-2-17(12-18)22-14-21(22)16-4-6-19(7-5-16)34-25-26(30)32-15-33-27(25)35(28(34)36)20-8-9-24-23(13-20)31-10-11-37-24/h1-9,12-13,15,21-22,31H,10-11,14H2,(H2,30,32,33). The van der Waals surface area contributed by atoms with Gasteiger partial charge >= 0.3 is 5.69 Å². The highest BCUT2D eigenvalue weighted by Crippen LogP contribution is 2.54. The summed E-state index contributed by atoms with van der Waals surface area (Å²) >= 11 is 0. The molecule has 0 saturated heterocycles. The molecule has 0 spiro atoms. The second-order valence-electron chi connectivity index (χ2n) is 9.44. The van der Waals surface area contributed by atoms with Gasteiger partial charge in [0.15, 0.2) is 11.5 Å². The Bertz CT molecular complexity index is 1730. The van der Waals surface area contributed by atoms with E-state index in [9.17, 15) is 9.18 Å². The average molecular weight is 495 g/mol. The zero-order valence-electron chi connectivity index (χ0n) is 19.8. The van der Waals surface area contributed by atoms with Gasteiger partial charge in [0.05, 0.1) is 17.1 Å². The van der Waals surface area contributed by atoms with Gasteiger partial charge in [-0.1, -0.05) is 24.3 Å². The number of nitrogens with one attached hydrogen (secondary N) is 1. The third-order valence-corrected chi connectivity index (χ3v) is 7.19. The maximum Gasteiger partial charge on any atom is 0.339 e. The summed E-state index contributed by atoms with van der Waals surface area (Å²) in [5, 5.41) is 3.31. The minimum atomic E-state index is -0.296. The number of nitrogen functional groups attached to an aromatic ring is 1. The first-order chi connectivity index (χ1) is 18.1. The third-order valence-electron chi connectivity index (χ3n) is 7.19. The van der Waals surface area contributed by atoms with Gasteiger partial charge in [-0.25, -0.2) is 23.7 Å². The van der Waals surface area contributed by atoms with Crippen LogP contribution in [0.15, 0.2) is 77.9 Å². The van der Waals surface area contributed by atoms with Crippen LogP contribution in [0.1, 0.15) is 29.4 Å². The second-order valence-corrected chi connectivity index (χ2v) is 9.44. The topological polar surface area (TPSA) is 100.0 Å². The Balaban J connectivity index is 1.29. The molecular weight excluding hydrogens is 471 g/mol. The van der Waals surface area contributed by atoms with Crippen LogP contribution in [0.4, 0.5) is 15.9 Å². The van der Waals surface area contributed by atoms with Crippen LogP contribution >= 0.6 is 0 Å². The van der Waals surface area contributed by atoms with Gasteiger partial charge in [-0.05, 0) is 71.8 Å². The number of imidazole rings is 1. The van der Waals surface area contributed by atoms with Crippen molar-refractivity contribution in [2.24, 2.45) is 0 Å². The van der Waals surface area contributed by atoms with E-state index in [-0.39, 0.29) is 17.3 Å². The molecule has 0 radical (unpaired) electrons. The molecule has 9 heteroatoms. The number of fused-ring (bicyclic) bond motifs is 2. The zero-order valence-corrected chi connectivity index (χ0v) is 19.8. The molecule has 2 aliphatic rings. The quantitative estimate of drug-likeness (QED) is 0.385. The summed E-state index contributed by atoms with van der Waals surface area (Å²) in [5.74, 6) is 1.38. The van der Waals surface area contributed by atoms with Crippen molar-refractivity contribution in [2.45, 2.75) is 18.3 Å². The first-order valence-electron chi connectivity index (χ1n) is 12.2. The smallest absolute Gasteiger partial charge is 0.339 e. The predicted molar refractivity (Wildman–Crippen MR) is 139 cm³/mol. The number of anilines is 2. The number of rotatable bonds is 4. The minimum absolute atomic E-state index is 0.212. The molecule has 5 aromatic rings. The largest absolute Gasteiger partial charge is 0.490 e. The molecule has 1 saturated carbocycles. The van der Waals surface area contributed by atoms with Crippen molar-refractivity contribution >= 4 is 22.7 Å². The van der Waals surface area contributed by atoms with Gasteiger partial charge < -0.3 is 15.8 Å². The highest BCUT2D eigenvalue weighted by atomic mass is 19.1. The summed E-state index contributed by atoms with van der Waals surface area (Å²) in [4.78, 5) is 22.4. The summed E-state index contributed by atoms with van der Waals surface area (Å²) < 4.78 is 22.4. The zero-order chi connectivity index (χ0) is 25.1. The van der Waals surface area contributed by atoms with Crippen molar-refractivity contribution in [2.75, 3.05) is 24.2 Å². The first kappa shape index (κ1) is 21.6. The molecule has 0 amide bonds. The molecule has 3 aromatic carbocycles. The Morgan fingerprint density at radius 2 is 1.76 bits per heavy atom. The Kier molecular flexibility index (Phi) is 4.78. The number of hydrogen-bond acceptors (Lipinski definition) is 6. The molecular formula is C28H23FN6O2. The summed E-state index contributed by atoms with van der Waals surface area (Å²) in [5.41, 5.74) is 11.1. The summed E-state index contributed by atoms with van der Waals surface area (Å²) in [6.45, 7) is 1.28. The van der Waals surface area contributed by atoms with Crippen molar-refractivity contribution in [3.63, 3.8) is 0 Å². The van der Waals surface area contributed by atoms with Crippen LogP contribution < -0.4 is 21.5 Å². The molecule has 1 aliphatic carbocycles. The number of hydrogen-bond donors (Lipinski definition) is 2. The van der Waals surface area contributed by atoms with Gasteiger partial charge in [-0.3, -0.25) is 4.57 Å². The number of ether oxygens (including phenoxy) is 1. The summed E-state index contributed by atoms with van der Waals surface area (Å²) in [6.07, 6.45) is 2.33. The fourth-order valence-corrected chi connectivity index (χ4v) is 5.33. The number of aromatic nitrogens is 4. The van der Waals surface area contributed by atoms with Crippen LogP contribution in [0.5, 0.6) is 5.75 Å². The van der Waals surface area contributed by atoms with Crippen LogP contribution in [0.25, 0.3) is 22.5 Å². The Morgan fingerprint density at radius 3 is 2.59 bits per heavy atom. The van der Waals surface area contributed by atoms with Crippen molar-refractivity contribution in [3.05, 3.63) is 100 Å². The third kappa shape index (κ3) is 3.54. The number of nitrogens with two attached hydrogens (primary N) is 1. The summed E-state index contributed by atoms with van der Waals surface area (Å²) in [7, 11) is 0. The van der Waals surface area contributed by atoms with Crippen molar-refractivity contribution in [1.29, 1.82) is 0 Å². The van der Waals surface area contributed by atoms with Crippen LogP contribution in [0.3, 0.4) is 0 Å². The lowest BCUT2D eigenvalue weighted by Crippen LogP contribution is -2.23. The lowest BCUT2D eigenvalue weighted by molar-refractivity contribution is 0.323. The summed E-state index contributed by atoms with van der Waals surface area (Å²) in [6, 6.07) is 20.2. The van der Waals surface area contributed by atoms with Crippen molar-refractivity contribution in [3.8, 4) is 17.1 Å². The minimum Gasteiger partial charge on any atom is -0.490 e. The Morgan fingerprint density at radius 1 is 0.946 bits per heavy atom. The van der Waals surface area contributed by atoms with E-state index in [4.69, 9.17) is 10.5 Å². The predicted octanol–water partition coefficient (Wildman–Crippen LogP) is 4.37. The highest BCUT2D eigenvalue weighted by Gasteiger charge is 2.39. The molecule has 184 valence electrons. The molecule has 37 heavy (non-hydrogen) atoms. The molecule has 1 fully saturated rings. The van der Waals surface area contributed by atoms with Gasteiger partial charge in [0.1, 0.15) is 30.0 Å². The molecule has 3 heterocycles. The number of halogens is 1. The van der Waals surface area contributed by atoms with Crippen molar-refractivity contribution < 1.29 is 9.13 Å². The molecule has 3 N–H and O–H groups in total. The Hall–Kier alpha value is -4.66. The van der Waals surface area contributed by atoms with Gasteiger partial charge in [-0.2, -0.15) is 0 Å². The fourth-order valence-electron chi connectivity index (χ4n) is 5.33. The normalized spacial score (nSPS) is 18.2. The van der Waals surface area contributed by atoms with E-state index < -0.39 is 0 Å². The highest BCUT2D eigenvalue weighted by molar-refractivity contribution is 5.85. The second kappa shape index (κ2) is 8.19. The maximum atomic E-state index is 13.8. The molecule has 0 bridgehead atoms. The molecule has 7 rings (SSSR count). The SMILES string of the molecule is Nc1ncnc2c1n(-c1ccc(C3CC3c3cccc(F)c3)cc1)c(=O)n2-c1ccc2c(c1)NCCO2. The van der Waals surface area contributed by atoms with Gasteiger partial charge in [0.2, 0.25) is 0 Å². The van der Waals surface area contributed by atoms with E-state index in [0.29, 0.717) is 47.5 Å². The first-order valence-corrected chi connectivity index (χ1v) is 12.2. The van der Waals surface area contributed by atoms with E-state index in [1.807, 2.05) is 48.5 Å². The van der Waals surface area contributed by atoms with Crippen LogP contribution in [0, 0.1) is 5.82 Å². The molecule has 2 aromatic heterocycles. The van der Waals surface area contributed by atoms with Crippen molar-refractivity contribution in [1.82, 2.24) is 19.1 Å². The van der Waals surface area contributed by atoms with E-state index in [1.54, 1.807) is 21.3 Å². The average Bonchev–Trinajstić information content (AvgIpc) is 3.66. The number of benzene rings is 3. The van der Waals surface area contributed by atoms with E-state index >= 15 is 0 Å². The fraction of sp³-hybridized carbons (Fsp3) is 0.179. The molecule has 8 nitrogen and oxygen atoms in total. The van der Waals surface area contributed by atoms with Gasteiger partial charge in [0, 0.05) is 6.54 Å². The lowest BCUT2D eigenvalue weighted by atomic mass is 10.0. The molecule has 1 aliphatic heterocycles. The molecule has 2 unspecified atom stereocenters. The van der Waals surface area contributed by atoms with Gasteiger partial charge in [-0.15, -0.1) is 0 Å².